The van der Waals surface area contributed by atoms with Crippen molar-refractivity contribution in [2.24, 2.45) is 0 Å². The van der Waals surface area contributed by atoms with Gasteiger partial charge < -0.3 is 28.8 Å². The summed E-state index contributed by atoms with van der Waals surface area (Å²) in [6, 6.07) is -0.885. The first-order valence-corrected chi connectivity index (χ1v) is 21.7. The normalized spacial score (nSPS) is 14.8. The van der Waals surface area contributed by atoms with E-state index in [1.807, 2.05) is 27.2 Å². The molecular weight excluding hydrogens is 635 g/mol. The molecule has 49 heavy (non-hydrogen) atoms. The van der Waals surface area contributed by atoms with Crippen LogP contribution in [-0.2, 0) is 18.4 Å². The fraction of sp³-hybridized carbons (Fsp3) is 0.875. The zero-order valence-corrected chi connectivity index (χ0v) is 33.5. The van der Waals surface area contributed by atoms with Gasteiger partial charge in [-0.3, -0.25) is 9.36 Å². The van der Waals surface area contributed by atoms with Crippen LogP contribution in [0.3, 0.4) is 0 Å². The van der Waals surface area contributed by atoms with Gasteiger partial charge in [-0.2, -0.15) is 0 Å². The molecule has 0 aromatic heterocycles. The number of aliphatic hydroxyl groups is 1. The first kappa shape index (κ1) is 48.0. The van der Waals surface area contributed by atoms with Crippen molar-refractivity contribution in [1.29, 1.82) is 0 Å². The molecule has 2 N–H and O–H groups in total. The third kappa shape index (κ3) is 35.2. The SMILES string of the molecule is CCCCC/C=C\CCCCCCCC(=O)NC(COP(=O)([O-])OCC[N+](C)(C)C)C(O)/C=C/CCCCCCCCCCCCCCC. The molecule has 3 unspecified atom stereocenters. The number of quaternary nitrogens is 1. The number of aliphatic hydroxyl groups excluding tert-OH is 1. The summed E-state index contributed by atoms with van der Waals surface area (Å²) in [6.45, 7) is 4.60. The van der Waals surface area contributed by atoms with Crippen molar-refractivity contribution < 1.29 is 32.9 Å². The number of rotatable bonds is 36. The maximum absolute atomic E-state index is 12.8. The van der Waals surface area contributed by atoms with E-state index in [4.69, 9.17) is 9.05 Å². The molecule has 0 aromatic rings. The number of allylic oxidation sites excluding steroid dienone is 3. The van der Waals surface area contributed by atoms with Crippen molar-refractivity contribution in [3.63, 3.8) is 0 Å². The lowest BCUT2D eigenvalue weighted by Gasteiger charge is -2.29. The van der Waals surface area contributed by atoms with E-state index in [-0.39, 0.29) is 19.1 Å². The quantitative estimate of drug-likeness (QED) is 0.0290. The van der Waals surface area contributed by atoms with E-state index in [1.165, 1.54) is 103 Å². The van der Waals surface area contributed by atoms with Crippen LogP contribution < -0.4 is 10.2 Å². The number of phosphoric ester groups is 1. The van der Waals surface area contributed by atoms with E-state index < -0.39 is 20.0 Å². The zero-order valence-electron chi connectivity index (χ0n) is 32.6. The number of nitrogens with one attached hydrogen (secondary N) is 1. The molecule has 1 amide bonds. The highest BCUT2D eigenvalue weighted by molar-refractivity contribution is 7.45. The van der Waals surface area contributed by atoms with Crippen LogP contribution in [0.4, 0.5) is 0 Å². The number of likely N-dealkylation sites (N-methyl/N-ethyl adjacent to an activating group) is 1. The van der Waals surface area contributed by atoms with Crippen LogP contribution >= 0.6 is 7.82 Å². The molecule has 9 heteroatoms. The summed E-state index contributed by atoms with van der Waals surface area (Å²) < 4.78 is 23.1. The maximum atomic E-state index is 12.8. The molecule has 0 radical (unpaired) electrons. The third-order valence-electron chi connectivity index (χ3n) is 8.91. The molecular formula is C40H79N2O6P. The van der Waals surface area contributed by atoms with Gasteiger partial charge in [0.25, 0.3) is 7.82 Å². The molecule has 0 saturated heterocycles. The van der Waals surface area contributed by atoms with Gasteiger partial charge in [0.15, 0.2) is 0 Å². The van der Waals surface area contributed by atoms with Gasteiger partial charge in [0.1, 0.15) is 13.2 Å². The van der Waals surface area contributed by atoms with E-state index in [0.717, 1.165) is 51.4 Å². The smallest absolute Gasteiger partial charge is 0.268 e. The average molecular weight is 715 g/mol. The Hall–Kier alpha value is -1.02. The Morgan fingerprint density at radius 3 is 1.63 bits per heavy atom. The van der Waals surface area contributed by atoms with Gasteiger partial charge in [0, 0.05) is 6.42 Å². The Labute approximate surface area is 303 Å². The molecule has 0 aliphatic heterocycles. The molecule has 8 nitrogen and oxygen atoms in total. The zero-order chi connectivity index (χ0) is 36.5. The van der Waals surface area contributed by atoms with Crippen LogP contribution in [-0.4, -0.2) is 68.5 Å². The van der Waals surface area contributed by atoms with Crippen LogP contribution in [0, 0.1) is 0 Å². The van der Waals surface area contributed by atoms with E-state index in [0.29, 0.717) is 17.4 Å². The Balaban J connectivity index is 4.52. The molecule has 0 spiro atoms. The van der Waals surface area contributed by atoms with E-state index in [2.05, 4.69) is 31.3 Å². The Morgan fingerprint density at radius 2 is 1.12 bits per heavy atom. The van der Waals surface area contributed by atoms with Gasteiger partial charge in [-0.15, -0.1) is 0 Å². The monoisotopic (exact) mass is 715 g/mol. The molecule has 0 heterocycles. The number of hydrogen-bond donors (Lipinski definition) is 2. The van der Waals surface area contributed by atoms with Gasteiger partial charge in [-0.25, -0.2) is 0 Å². The molecule has 0 bridgehead atoms. The van der Waals surface area contributed by atoms with Gasteiger partial charge in [0.05, 0.1) is 39.9 Å². The summed E-state index contributed by atoms with van der Waals surface area (Å²) in [6.07, 6.45) is 36.4. The number of hydrogen-bond acceptors (Lipinski definition) is 6. The molecule has 0 aliphatic carbocycles. The lowest BCUT2D eigenvalue weighted by atomic mass is 10.0. The van der Waals surface area contributed by atoms with Crippen molar-refractivity contribution in [1.82, 2.24) is 5.32 Å². The minimum Gasteiger partial charge on any atom is -0.756 e. The number of carbonyl (C=O) groups excluding carboxylic acids is 1. The summed E-state index contributed by atoms with van der Waals surface area (Å²) in [5.74, 6) is -0.209. The average Bonchev–Trinajstić information content (AvgIpc) is 3.04. The van der Waals surface area contributed by atoms with Gasteiger partial charge in [-0.05, 0) is 44.9 Å². The summed E-state index contributed by atoms with van der Waals surface area (Å²) >= 11 is 0. The van der Waals surface area contributed by atoms with Crippen molar-refractivity contribution >= 4 is 13.7 Å². The summed E-state index contributed by atoms with van der Waals surface area (Å²) in [7, 11) is 1.25. The molecule has 0 aliphatic rings. The molecule has 3 atom stereocenters. The highest BCUT2D eigenvalue weighted by Gasteiger charge is 2.23. The van der Waals surface area contributed by atoms with E-state index in [1.54, 1.807) is 6.08 Å². The second-order valence-corrected chi connectivity index (χ2v) is 16.4. The van der Waals surface area contributed by atoms with Gasteiger partial charge >= 0.3 is 0 Å². The standard InChI is InChI=1S/C40H79N2O6P/c1-6-8-10-12-14-16-18-20-21-22-23-25-27-29-31-33-39(43)38(37-48-49(45,46)47-36-35-42(3,4)5)41-40(44)34-32-30-28-26-24-19-17-15-13-11-9-7-2/h15,17,31,33,38-39,43H,6-14,16,18-30,32,34-37H2,1-5H3,(H-,41,44,45,46)/b17-15-,33-31+. The van der Waals surface area contributed by atoms with Crippen LogP contribution in [0.15, 0.2) is 24.3 Å². The Bertz CT molecular complexity index is 860. The number of unbranched alkanes of at least 4 members (excludes halogenated alkanes) is 21. The van der Waals surface area contributed by atoms with Gasteiger partial charge in [-0.1, -0.05) is 147 Å². The largest absolute Gasteiger partial charge is 0.756 e. The number of carbonyl (C=O) groups is 1. The number of phosphoric acid groups is 1. The Kier molecular flexibility index (Phi) is 32.2. The van der Waals surface area contributed by atoms with Crippen LogP contribution in [0.25, 0.3) is 0 Å². The Morgan fingerprint density at radius 1 is 0.694 bits per heavy atom. The minimum atomic E-state index is -4.58. The van der Waals surface area contributed by atoms with E-state index in [9.17, 15) is 19.4 Å². The second kappa shape index (κ2) is 32.9. The lowest BCUT2D eigenvalue weighted by molar-refractivity contribution is -0.870. The fourth-order valence-electron chi connectivity index (χ4n) is 5.62. The third-order valence-corrected chi connectivity index (χ3v) is 9.87. The number of nitrogens with zero attached hydrogens (tertiary/aromatic N) is 1. The van der Waals surface area contributed by atoms with Crippen molar-refractivity contribution in [3.8, 4) is 0 Å². The minimum absolute atomic E-state index is 0.00185. The highest BCUT2D eigenvalue weighted by atomic mass is 31.2. The predicted octanol–water partition coefficient (Wildman–Crippen LogP) is 9.94. The van der Waals surface area contributed by atoms with E-state index >= 15 is 0 Å². The molecule has 0 aromatic carbocycles. The van der Waals surface area contributed by atoms with Crippen LogP contribution in [0.5, 0.6) is 0 Å². The maximum Gasteiger partial charge on any atom is 0.268 e. The topological polar surface area (TPSA) is 108 Å². The first-order chi connectivity index (χ1) is 23.5. The van der Waals surface area contributed by atoms with Crippen molar-refractivity contribution in [2.45, 2.75) is 187 Å². The number of amides is 1. The van der Waals surface area contributed by atoms with Crippen LogP contribution in [0.1, 0.15) is 174 Å². The fourth-order valence-corrected chi connectivity index (χ4v) is 6.34. The van der Waals surface area contributed by atoms with Crippen molar-refractivity contribution in [2.75, 3.05) is 40.9 Å². The van der Waals surface area contributed by atoms with Crippen molar-refractivity contribution in [3.05, 3.63) is 24.3 Å². The second-order valence-electron chi connectivity index (χ2n) is 15.0. The summed E-state index contributed by atoms with van der Waals surface area (Å²) in [4.78, 5) is 25.2. The lowest BCUT2D eigenvalue weighted by Crippen LogP contribution is -2.45. The molecule has 290 valence electrons. The molecule has 0 rings (SSSR count). The highest BCUT2D eigenvalue weighted by Crippen LogP contribution is 2.38. The first-order valence-electron chi connectivity index (χ1n) is 20.2. The predicted molar refractivity (Wildman–Crippen MR) is 205 cm³/mol. The van der Waals surface area contributed by atoms with Crippen LogP contribution in [0.2, 0.25) is 0 Å². The van der Waals surface area contributed by atoms with Gasteiger partial charge in [0.2, 0.25) is 5.91 Å². The molecule has 0 saturated carbocycles. The molecule has 0 fully saturated rings. The summed E-state index contributed by atoms with van der Waals surface area (Å²) in [5.41, 5.74) is 0. The summed E-state index contributed by atoms with van der Waals surface area (Å²) in [5, 5.41) is 13.7.